The number of hydrogen-bond acceptors (Lipinski definition) is 6. The molecule has 0 bridgehead atoms. The Morgan fingerprint density at radius 1 is 1.30 bits per heavy atom. The molecule has 2 heterocycles. The summed E-state index contributed by atoms with van der Waals surface area (Å²) in [6, 6.07) is 0.404. The summed E-state index contributed by atoms with van der Waals surface area (Å²) >= 11 is 0. The normalized spacial score (nSPS) is 18.6. The molecule has 20 heavy (non-hydrogen) atoms. The van der Waals surface area contributed by atoms with Gasteiger partial charge in [0.05, 0.1) is 6.10 Å². The summed E-state index contributed by atoms with van der Waals surface area (Å²) in [5.41, 5.74) is 0. The largest absolute Gasteiger partial charge is 0.461 e. The van der Waals surface area contributed by atoms with Gasteiger partial charge < -0.3 is 15.0 Å². The summed E-state index contributed by atoms with van der Waals surface area (Å²) in [4.78, 5) is 15.5. The predicted octanol–water partition coefficient (Wildman–Crippen LogP) is 2.33. The van der Waals surface area contributed by atoms with Crippen LogP contribution in [0.4, 0.5) is 11.9 Å². The second-order valence-corrected chi connectivity index (χ2v) is 5.45. The van der Waals surface area contributed by atoms with Gasteiger partial charge in [-0.15, -0.1) is 0 Å². The molecule has 1 aliphatic heterocycles. The van der Waals surface area contributed by atoms with Crippen molar-refractivity contribution in [3.8, 4) is 6.01 Å². The monoisotopic (exact) mass is 279 g/mol. The van der Waals surface area contributed by atoms with E-state index in [1.54, 1.807) is 0 Å². The summed E-state index contributed by atoms with van der Waals surface area (Å²) in [7, 11) is 0. The highest BCUT2D eigenvalue weighted by atomic mass is 16.5. The number of nitrogens with zero attached hydrogens (tertiary/aromatic N) is 4. The molecule has 0 spiro atoms. The fourth-order valence-corrected chi connectivity index (χ4v) is 2.34. The van der Waals surface area contributed by atoms with Crippen LogP contribution in [0.1, 0.15) is 40.5 Å². The molecule has 0 aliphatic carbocycles. The first-order valence-corrected chi connectivity index (χ1v) is 7.53. The Hall–Kier alpha value is -1.59. The molecule has 1 atom stereocenters. The van der Waals surface area contributed by atoms with E-state index in [1.807, 2.05) is 20.8 Å². The van der Waals surface area contributed by atoms with Crippen LogP contribution >= 0.6 is 0 Å². The first-order valence-electron chi connectivity index (χ1n) is 7.53. The average Bonchev–Trinajstić information content (AvgIpc) is 2.86. The second kappa shape index (κ2) is 6.72. The summed E-state index contributed by atoms with van der Waals surface area (Å²) < 4.78 is 5.63. The Labute approximate surface area is 121 Å². The van der Waals surface area contributed by atoms with Gasteiger partial charge in [0.15, 0.2) is 0 Å². The van der Waals surface area contributed by atoms with Crippen LogP contribution in [0.3, 0.4) is 0 Å². The van der Waals surface area contributed by atoms with Crippen LogP contribution in [0.2, 0.25) is 0 Å². The van der Waals surface area contributed by atoms with Gasteiger partial charge in [0.1, 0.15) is 0 Å². The fourth-order valence-electron chi connectivity index (χ4n) is 2.34. The van der Waals surface area contributed by atoms with Gasteiger partial charge in [0.25, 0.3) is 0 Å². The number of aromatic nitrogens is 3. The van der Waals surface area contributed by atoms with Crippen molar-refractivity contribution < 1.29 is 4.74 Å². The minimum absolute atomic E-state index is 0.0571. The molecule has 0 aromatic carbocycles. The number of anilines is 2. The van der Waals surface area contributed by atoms with E-state index in [2.05, 4.69) is 32.1 Å². The highest BCUT2D eigenvalue weighted by molar-refractivity contribution is 5.39. The van der Waals surface area contributed by atoms with E-state index < -0.39 is 0 Å². The van der Waals surface area contributed by atoms with E-state index in [4.69, 9.17) is 4.74 Å². The minimum Gasteiger partial charge on any atom is -0.461 e. The number of ether oxygens (including phenoxy) is 1. The molecular formula is C14H25N5O. The highest BCUT2D eigenvalue weighted by Gasteiger charge is 2.24. The van der Waals surface area contributed by atoms with Crippen molar-refractivity contribution in [1.82, 2.24) is 15.0 Å². The van der Waals surface area contributed by atoms with E-state index in [1.165, 1.54) is 12.8 Å². The Morgan fingerprint density at radius 3 is 2.70 bits per heavy atom. The van der Waals surface area contributed by atoms with Crippen LogP contribution in [-0.4, -0.2) is 40.7 Å². The maximum absolute atomic E-state index is 5.63. The van der Waals surface area contributed by atoms with E-state index >= 15 is 0 Å². The summed E-state index contributed by atoms with van der Waals surface area (Å²) in [5.74, 6) is 2.06. The van der Waals surface area contributed by atoms with E-state index in [0.29, 0.717) is 12.0 Å². The van der Waals surface area contributed by atoms with Gasteiger partial charge in [-0.3, -0.25) is 0 Å². The van der Waals surface area contributed by atoms with Crippen molar-refractivity contribution in [2.75, 3.05) is 29.9 Å². The fraction of sp³-hybridized carbons (Fsp3) is 0.786. The third-order valence-corrected chi connectivity index (χ3v) is 3.43. The lowest BCUT2D eigenvalue weighted by Crippen LogP contribution is -2.23. The lowest BCUT2D eigenvalue weighted by Gasteiger charge is -2.18. The van der Waals surface area contributed by atoms with Gasteiger partial charge in [-0.2, -0.15) is 15.0 Å². The van der Waals surface area contributed by atoms with Crippen molar-refractivity contribution in [3.05, 3.63) is 0 Å². The smallest absolute Gasteiger partial charge is 0.323 e. The average molecular weight is 279 g/mol. The Bertz CT molecular complexity index is 438. The van der Waals surface area contributed by atoms with Gasteiger partial charge in [0, 0.05) is 19.6 Å². The summed E-state index contributed by atoms with van der Waals surface area (Å²) in [5, 5.41) is 3.14. The first kappa shape index (κ1) is 14.8. The van der Waals surface area contributed by atoms with Crippen LogP contribution in [0.25, 0.3) is 0 Å². The van der Waals surface area contributed by atoms with Crippen LogP contribution < -0.4 is 15.0 Å². The van der Waals surface area contributed by atoms with Gasteiger partial charge in [-0.25, -0.2) is 0 Å². The molecule has 1 aromatic heterocycles. The Kier molecular flexibility index (Phi) is 4.98. The highest BCUT2D eigenvalue weighted by Crippen LogP contribution is 2.24. The molecule has 1 saturated heterocycles. The van der Waals surface area contributed by atoms with Crippen LogP contribution in [-0.2, 0) is 0 Å². The third-order valence-electron chi connectivity index (χ3n) is 3.43. The van der Waals surface area contributed by atoms with Crippen molar-refractivity contribution in [1.29, 1.82) is 0 Å². The molecular weight excluding hydrogens is 254 g/mol. The molecule has 2 rings (SSSR count). The van der Waals surface area contributed by atoms with E-state index in [0.717, 1.165) is 31.5 Å². The van der Waals surface area contributed by atoms with Crippen molar-refractivity contribution >= 4 is 11.9 Å². The molecule has 0 amide bonds. The number of rotatable bonds is 6. The third kappa shape index (κ3) is 3.71. The summed E-state index contributed by atoms with van der Waals surface area (Å²) in [6.07, 6.45) is 2.47. The zero-order valence-electron chi connectivity index (χ0n) is 12.9. The molecule has 112 valence electrons. The molecule has 6 nitrogen and oxygen atoms in total. The van der Waals surface area contributed by atoms with Gasteiger partial charge in [0.2, 0.25) is 11.9 Å². The number of hydrogen-bond donors (Lipinski definition) is 1. The molecule has 1 fully saturated rings. The quantitative estimate of drug-likeness (QED) is 0.862. The second-order valence-electron chi connectivity index (χ2n) is 5.45. The van der Waals surface area contributed by atoms with Gasteiger partial charge in [-0.1, -0.05) is 13.3 Å². The molecule has 6 heteroatoms. The topological polar surface area (TPSA) is 63.2 Å². The standard InChI is InChI=1S/C14H25N5O/c1-5-11-7-8-19(9-11)13-16-12(15-6-2)17-14(18-13)20-10(3)4/h10-11H,5-9H2,1-4H3,(H,15,16,17,18). The van der Waals surface area contributed by atoms with Crippen LogP contribution in [0, 0.1) is 5.92 Å². The summed E-state index contributed by atoms with van der Waals surface area (Å²) in [6.45, 7) is 11.0. The zero-order chi connectivity index (χ0) is 14.5. The Morgan fingerprint density at radius 2 is 2.10 bits per heavy atom. The lowest BCUT2D eigenvalue weighted by atomic mass is 10.1. The van der Waals surface area contributed by atoms with Gasteiger partial charge >= 0.3 is 6.01 Å². The first-order chi connectivity index (χ1) is 9.62. The zero-order valence-corrected chi connectivity index (χ0v) is 12.9. The molecule has 1 N–H and O–H groups in total. The Balaban J connectivity index is 2.20. The SMILES string of the molecule is CCNc1nc(OC(C)C)nc(N2CCC(CC)C2)n1. The van der Waals surface area contributed by atoms with Gasteiger partial charge in [-0.05, 0) is 33.1 Å². The maximum Gasteiger partial charge on any atom is 0.323 e. The van der Waals surface area contributed by atoms with E-state index in [9.17, 15) is 0 Å². The molecule has 0 saturated carbocycles. The van der Waals surface area contributed by atoms with Crippen molar-refractivity contribution in [2.45, 2.75) is 46.6 Å². The molecule has 1 unspecified atom stereocenters. The van der Waals surface area contributed by atoms with Crippen molar-refractivity contribution in [2.24, 2.45) is 5.92 Å². The lowest BCUT2D eigenvalue weighted by molar-refractivity contribution is 0.222. The predicted molar refractivity (Wildman–Crippen MR) is 80.4 cm³/mol. The number of nitrogens with one attached hydrogen (secondary N) is 1. The molecule has 0 radical (unpaired) electrons. The minimum atomic E-state index is 0.0571. The molecule has 1 aliphatic rings. The van der Waals surface area contributed by atoms with Crippen LogP contribution in [0.15, 0.2) is 0 Å². The van der Waals surface area contributed by atoms with Crippen molar-refractivity contribution in [3.63, 3.8) is 0 Å². The molecule has 1 aromatic rings. The van der Waals surface area contributed by atoms with Crippen LogP contribution in [0.5, 0.6) is 6.01 Å². The van der Waals surface area contributed by atoms with E-state index in [-0.39, 0.29) is 6.10 Å². The maximum atomic E-state index is 5.63.